The summed E-state index contributed by atoms with van der Waals surface area (Å²) >= 11 is 0. The Kier molecular flexibility index (Phi) is 3.29. The number of aliphatic hydroxyl groups excluding tert-OH is 1. The minimum atomic E-state index is -0.248. The van der Waals surface area contributed by atoms with Gasteiger partial charge in [-0.25, -0.2) is 4.39 Å². The quantitative estimate of drug-likeness (QED) is 0.864. The van der Waals surface area contributed by atoms with Crippen LogP contribution in [0.1, 0.15) is 25.6 Å². The molecular formula is C14H16FNO. The van der Waals surface area contributed by atoms with Gasteiger partial charge in [-0.1, -0.05) is 12.1 Å². The second kappa shape index (κ2) is 4.72. The molecule has 2 nitrogen and oxygen atoms in total. The van der Waals surface area contributed by atoms with Crippen LogP contribution < -0.4 is 0 Å². The smallest absolute Gasteiger partial charge is 0.123 e. The van der Waals surface area contributed by atoms with Gasteiger partial charge in [0.2, 0.25) is 0 Å². The van der Waals surface area contributed by atoms with Gasteiger partial charge in [0.15, 0.2) is 0 Å². The van der Waals surface area contributed by atoms with Crippen LogP contribution in [-0.2, 0) is 6.61 Å². The van der Waals surface area contributed by atoms with Crippen LogP contribution in [-0.4, -0.2) is 9.67 Å². The topological polar surface area (TPSA) is 25.2 Å². The summed E-state index contributed by atoms with van der Waals surface area (Å²) in [5, 5.41) is 9.46. The first-order valence-electron chi connectivity index (χ1n) is 5.70. The van der Waals surface area contributed by atoms with Gasteiger partial charge in [0.05, 0.1) is 12.3 Å². The molecule has 0 saturated heterocycles. The second-order valence-corrected chi connectivity index (χ2v) is 4.34. The highest BCUT2D eigenvalue weighted by Gasteiger charge is 2.11. The van der Waals surface area contributed by atoms with Gasteiger partial charge in [-0.2, -0.15) is 0 Å². The van der Waals surface area contributed by atoms with E-state index in [9.17, 15) is 9.50 Å². The summed E-state index contributed by atoms with van der Waals surface area (Å²) in [6, 6.07) is 8.58. The Balaban J connectivity index is 2.48. The number of rotatable bonds is 3. The zero-order valence-electron chi connectivity index (χ0n) is 10.0. The fourth-order valence-electron chi connectivity index (χ4n) is 2.02. The zero-order chi connectivity index (χ0) is 12.4. The van der Waals surface area contributed by atoms with E-state index in [0.717, 1.165) is 16.8 Å². The summed E-state index contributed by atoms with van der Waals surface area (Å²) in [4.78, 5) is 0. The van der Waals surface area contributed by atoms with Crippen LogP contribution in [0.25, 0.3) is 11.1 Å². The van der Waals surface area contributed by atoms with Crippen molar-refractivity contribution in [3.8, 4) is 11.1 Å². The van der Waals surface area contributed by atoms with Crippen LogP contribution in [0.15, 0.2) is 36.5 Å². The number of benzene rings is 1. The Morgan fingerprint density at radius 2 is 1.82 bits per heavy atom. The summed E-state index contributed by atoms with van der Waals surface area (Å²) < 4.78 is 14.9. The molecule has 17 heavy (non-hydrogen) atoms. The van der Waals surface area contributed by atoms with Crippen molar-refractivity contribution in [1.82, 2.24) is 4.57 Å². The van der Waals surface area contributed by atoms with Crippen molar-refractivity contribution in [2.45, 2.75) is 26.5 Å². The predicted molar refractivity (Wildman–Crippen MR) is 66.1 cm³/mol. The largest absolute Gasteiger partial charge is 0.390 e. The summed E-state index contributed by atoms with van der Waals surface area (Å²) in [5.41, 5.74) is 2.75. The van der Waals surface area contributed by atoms with E-state index >= 15 is 0 Å². The Labute approximate surface area is 100 Å². The fourth-order valence-corrected chi connectivity index (χ4v) is 2.02. The molecular weight excluding hydrogens is 217 g/mol. The van der Waals surface area contributed by atoms with Gasteiger partial charge >= 0.3 is 0 Å². The molecule has 0 aliphatic rings. The lowest BCUT2D eigenvalue weighted by molar-refractivity contribution is 0.268. The van der Waals surface area contributed by atoms with Gasteiger partial charge in [-0.3, -0.25) is 0 Å². The summed E-state index contributed by atoms with van der Waals surface area (Å²) in [5.74, 6) is -0.248. The van der Waals surface area contributed by atoms with Crippen LogP contribution >= 0.6 is 0 Å². The van der Waals surface area contributed by atoms with Crippen molar-refractivity contribution in [2.75, 3.05) is 0 Å². The normalized spacial score (nSPS) is 11.1. The first-order valence-corrected chi connectivity index (χ1v) is 5.70. The molecule has 0 saturated carbocycles. The molecule has 1 N–H and O–H groups in total. The van der Waals surface area contributed by atoms with Crippen molar-refractivity contribution >= 4 is 0 Å². The Morgan fingerprint density at radius 1 is 1.18 bits per heavy atom. The van der Waals surface area contributed by atoms with E-state index in [1.54, 1.807) is 12.1 Å². The van der Waals surface area contributed by atoms with Crippen LogP contribution in [0.5, 0.6) is 0 Å². The third kappa shape index (κ3) is 2.24. The lowest BCUT2D eigenvalue weighted by atomic mass is 10.1. The molecule has 90 valence electrons. The maximum Gasteiger partial charge on any atom is 0.123 e. The molecule has 1 aromatic heterocycles. The lowest BCUT2D eigenvalue weighted by Gasteiger charge is -2.12. The van der Waals surface area contributed by atoms with E-state index in [0.29, 0.717) is 6.04 Å². The lowest BCUT2D eigenvalue weighted by Crippen LogP contribution is -2.04. The first-order chi connectivity index (χ1) is 8.13. The third-order valence-electron chi connectivity index (χ3n) is 2.89. The van der Waals surface area contributed by atoms with E-state index in [1.807, 2.05) is 16.8 Å². The zero-order valence-corrected chi connectivity index (χ0v) is 10.0. The fraction of sp³-hybridized carbons (Fsp3) is 0.286. The van der Waals surface area contributed by atoms with Crippen LogP contribution in [0.4, 0.5) is 4.39 Å². The Bertz CT molecular complexity index is 499. The Hall–Kier alpha value is -1.61. The molecule has 0 unspecified atom stereocenters. The molecule has 0 atom stereocenters. The molecule has 0 aliphatic heterocycles. The van der Waals surface area contributed by atoms with Crippen molar-refractivity contribution in [3.63, 3.8) is 0 Å². The van der Waals surface area contributed by atoms with Crippen LogP contribution in [0, 0.1) is 5.82 Å². The number of nitrogens with zero attached hydrogens (tertiary/aromatic N) is 1. The number of aliphatic hydroxyl groups is 1. The van der Waals surface area contributed by atoms with Crippen LogP contribution in [0.3, 0.4) is 0 Å². The van der Waals surface area contributed by atoms with Crippen molar-refractivity contribution in [3.05, 3.63) is 48.0 Å². The maximum atomic E-state index is 12.9. The molecule has 0 fully saturated rings. The van der Waals surface area contributed by atoms with Gasteiger partial charge in [0.1, 0.15) is 5.82 Å². The third-order valence-corrected chi connectivity index (χ3v) is 2.89. The standard InChI is InChI=1S/C14H16FNO/c1-10(2)16-8-7-13(14(16)9-17)11-3-5-12(15)6-4-11/h3-8,10,17H,9H2,1-2H3. The molecule has 0 spiro atoms. The average molecular weight is 233 g/mol. The highest BCUT2D eigenvalue weighted by molar-refractivity contribution is 5.66. The predicted octanol–water partition coefficient (Wildman–Crippen LogP) is 3.37. The number of hydrogen-bond acceptors (Lipinski definition) is 1. The molecule has 0 radical (unpaired) electrons. The van der Waals surface area contributed by atoms with Crippen molar-refractivity contribution in [1.29, 1.82) is 0 Å². The van der Waals surface area contributed by atoms with Crippen LogP contribution in [0.2, 0.25) is 0 Å². The highest BCUT2D eigenvalue weighted by atomic mass is 19.1. The number of aromatic nitrogens is 1. The molecule has 2 aromatic rings. The molecule has 0 bridgehead atoms. The highest BCUT2D eigenvalue weighted by Crippen LogP contribution is 2.27. The van der Waals surface area contributed by atoms with Crippen molar-refractivity contribution < 1.29 is 9.50 Å². The SMILES string of the molecule is CC(C)n1ccc(-c2ccc(F)cc2)c1CO. The summed E-state index contributed by atoms with van der Waals surface area (Å²) in [7, 11) is 0. The molecule has 2 rings (SSSR count). The van der Waals surface area contributed by atoms with Gasteiger partial charge in [0, 0.05) is 17.8 Å². The van der Waals surface area contributed by atoms with Gasteiger partial charge in [-0.05, 0) is 37.6 Å². The average Bonchev–Trinajstić information content (AvgIpc) is 2.73. The number of halogens is 1. The van der Waals surface area contributed by atoms with Gasteiger partial charge in [0.25, 0.3) is 0 Å². The van der Waals surface area contributed by atoms with E-state index in [2.05, 4.69) is 13.8 Å². The molecule has 3 heteroatoms. The van der Waals surface area contributed by atoms with Gasteiger partial charge in [-0.15, -0.1) is 0 Å². The maximum absolute atomic E-state index is 12.9. The monoisotopic (exact) mass is 233 g/mol. The number of hydrogen-bond donors (Lipinski definition) is 1. The first kappa shape index (κ1) is 11.9. The van der Waals surface area contributed by atoms with Gasteiger partial charge < -0.3 is 9.67 Å². The molecule has 0 amide bonds. The summed E-state index contributed by atoms with van der Waals surface area (Å²) in [6.07, 6.45) is 1.95. The van der Waals surface area contributed by atoms with E-state index in [-0.39, 0.29) is 12.4 Å². The van der Waals surface area contributed by atoms with Crippen molar-refractivity contribution in [2.24, 2.45) is 0 Å². The van der Waals surface area contributed by atoms with E-state index < -0.39 is 0 Å². The molecule has 1 heterocycles. The summed E-state index contributed by atoms with van der Waals surface area (Å²) in [6.45, 7) is 4.11. The molecule has 1 aromatic carbocycles. The minimum Gasteiger partial charge on any atom is -0.390 e. The second-order valence-electron chi connectivity index (χ2n) is 4.34. The van der Waals surface area contributed by atoms with E-state index in [1.165, 1.54) is 12.1 Å². The van der Waals surface area contributed by atoms with E-state index in [4.69, 9.17) is 0 Å². The Morgan fingerprint density at radius 3 is 2.35 bits per heavy atom. The molecule has 0 aliphatic carbocycles. The minimum absolute atomic E-state index is 0.0160.